The quantitative estimate of drug-likeness (QED) is 0.369. The second kappa shape index (κ2) is 10.3. The van der Waals surface area contributed by atoms with Gasteiger partial charge in [0.25, 0.3) is 0 Å². The van der Waals surface area contributed by atoms with E-state index in [4.69, 9.17) is 10.5 Å². The first-order valence-electron chi connectivity index (χ1n) is 10.9. The molecule has 0 unspecified atom stereocenters. The Bertz CT molecular complexity index is 1030. The SMILES string of the molecule is CC(=O)N1CCN(c2ccc(Nc3nc4[nH]ccc4c(NCCOCCN)[nH+]3)cc2)CC1. The zero-order chi connectivity index (χ0) is 22.3. The minimum absolute atomic E-state index is 0.143. The van der Waals surface area contributed by atoms with Crippen LogP contribution in [0.2, 0.25) is 0 Å². The third-order valence-electron chi connectivity index (χ3n) is 5.49. The Hall–Kier alpha value is -3.37. The summed E-state index contributed by atoms with van der Waals surface area (Å²) >= 11 is 0. The summed E-state index contributed by atoms with van der Waals surface area (Å²) in [6.45, 7) is 7.14. The molecule has 2 aromatic heterocycles. The van der Waals surface area contributed by atoms with Crippen LogP contribution in [-0.2, 0) is 9.53 Å². The topological polar surface area (TPSA) is 126 Å². The number of rotatable bonds is 9. The molecule has 0 spiro atoms. The number of piperazine rings is 1. The van der Waals surface area contributed by atoms with E-state index in [0.29, 0.717) is 32.3 Å². The highest BCUT2D eigenvalue weighted by Gasteiger charge is 2.19. The zero-order valence-electron chi connectivity index (χ0n) is 18.4. The number of hydrogen-bond acceptors (Lipinski definition) is 7. The Morgan fingerprint density at radius 1 is 1.19 bits per heavy atom. The highest BCUT2D eigenvalue weighted by Crippen LogP contribution is 2.22. The first kappa shape index (κ1) is 21.8. The molecule has 1 fully saturated rings. The van der Waals surface area contributed by atoms with E-state index in [2.05, 4.69) is 42.6 Å². The third kappa shape index (κ3) is 5.27. The molecule has 0 bridgehead atoms. The lowest BCUT2D eigenvalue weighted by Gasteiger charge is -2.35. The first-order chi connectivity index (χ1) is 15.6. The van der Waals surface area contributed by atoms with Crippen LogP contribution >= 0.6 is 0 Å². The van der Waals surface area contributed by atoms with Crippen LogP contribution < -0.4 is 26.3 Å². The van der Waals surface area contributed by atoms with Gasteiger partial charge in [0.05, 0.1) is 30.8 Å². The maximum atomic E-state index is 11.5. The number of benzene rings is 1. The van der Waals surface area contributed by atoms with Crippen LogP contribution in [0.5, 0.6) is 0 Å². The van der Waals surface area contributed by atoms with Gasteiger partial charge in [-0.3, -0.25) is 10.1 Å². The lowest BCUT2D eigenvalue weighted by Crippen LogP contribution is -2.48. The lowest BCUT2D eigenvalue weighted by atomic mass is 10.2. The van der Waals surface area contributed by atoms with Gasteiger partial charge in [0.15, 0.2) is 0 Å². The average molecular weight is 440 g/mol. The fourth-order valence-corrected chi connectivity index (χ4v) is 3.78. The molecule has 0 aliphatic carbocycles. The van der Waals surface area contributed by atoms with Crippen molar-refractivity contribution in [2.45, 2.75) is 6.92 Å². The average Bonchev–Trinajstić information content (AvgIpc) is 3.28. The molecule has 0 radical (unpaired) electrons. The molecule has 1 aliphatic rings. The molecule has 0 saturated carbocycles. The zero-order valence-corrected chi connectivity index (χ0v) is 18.4. The molecular formula is C22H31N8O2+. The van der Waals surface area contributed by atoms with Gasteiger partial charge < -0.3 is 30.6 Å². The number of nitrogens with zero attached hydrogens (tertiary/aromatic N) is 3. The summed E-state index contributed by atoms with van der Waals surface area (Å²) < 4.78 is 5.44. The van der Waals surface area contributed by atoms with E-state index in [1.165, 1.54) is 0 Å². The number of amides is 1. The molecule has 10 nitrogen and oxygen atoms in total. The van der Waals surface area contributed by atoms with Crippen LogP contribution in [0.1, 0.15) is 6.92 Å². The normalized spacial score (nSPS) is 14.1. The summed E-state index contributed by atoms with van der Waals surface area (Å²) in [6, 6.07) is 10.2. The molecular weight excluding hydrogens is 408 g/mol. The second-order valence-electron chi connectivity index (χ2n) is 7.69. The van der Waals surface area contributed by atoms with E-state index in [-0.39, 0.29) is 5.91 Å². The van der Waals surface area contributed by atoms with Crippen molar-refractivity contribution in [1.29, 1.82) is 0 Å². The number of ether oxygens (including phenoxy) is 1. The van der Waals surface area contributed by atoms with Crippen LogP contribution in [-0.4, -0.2) is 73.3 Å². The van der Waals surface area contributed by atoms with Crippen molar-refractivity contribution in [3.8, 4) is 0 Å². The fourth-order valence-electron chi connectivity index (χ4n) is 3.78. The molecule has 1 amide bonds. The van der Waals surface area contributed by atoms with Gasteiger partial charge in [-0.15, -0.1) is 0 Å². The number of nitrogens with two attached hydrogens (primary N) is 1. The van der Waals surface area contributed by atoms with Crippen molar-refractivity contribution >= 4 is 40.1 Å². The van der Waals surface area contributed by atoms with Crippen molar-refractivity contribution in [3.05, 3.63) is 36.5 Å². The minimum atomic E-state index is 0.143. The maximum Gasteiger partial charge on any atom is 0.351 e. The van der Waals surface area contributed by atoms with E-state index >= 15 is 0 Å². The third-order valence-corrected chi connectivity index (χ3v) is 5.49. The number of hydrogen-bond donors (Lipinski definition) is 4. The van der Waals surface area contributed by atoms with E-state index in [1.54, 1.807) is 6.92 Å². The molecule has 1 saturated heterocycles. The molecule has 6 N–H and O–H groups in total. The number of carbonyl (C=O) groups is 1. The Balaban J connectivity index is 1.40. The number of aromatic amines is 2. The number of anilines is 4. The van der Waals surface area contributed by atoms with Gasteiger partial charge in [-0.1, -0.05) is 4.98 Å². The van der Waals surface area contributed by atoms with Gasteiger partial charge in [-0.2, -0.15) is 0 Å². The summed E-state index contributed by atoms with van der Waals surface area (Å²) in [5.74, 6) is 1.65. The summed E-state index contributed by atoms with van der Waals surface area (Å²) in [5.41, 5.74) is 8.32. The van der Waals surface area contributed by atoms with Crippen LogP contribution in [0.3, 0.4) is 0 Å². The predicted molar refractivity (Wildman–Crippen MR) is 125 cm³/mol. The lowest BCUT2D eigenvalue weighted by molar-refractivity contribution is -0.345. The van der Waals surface area contributed by atoms with Crippen molar-refractivity contribution in [2.75, 3.05) is 68.0 Å². The van der Waals surface area contributed by atoms with E-state index in [9.17, 15) is 4.79 Å². The van der Waals surface area contributed by atoms with E-state index in [0.717, 1.165) is 54.4 Å². The number of fused-ring (bicyclic) bond motifs is 1. The summed E-state index contributed by atoms with van der Waals surface area (Å²) in [4.78, 5) is 26.8. The molecule has 3 heterocycles. The summed E-state index contributed by atoms with van der Waals surface area (Å²) in [7, 11) is 0. The molecule has 1 aliphatic heterocycles. The smallest absolute Gasteiger partial charge is 0.351 e. The Morgan fingerprint density at radius 3 is 2.69 bits per heavy atom. The van der Waals surface area contributed by atoms with Crippen LogP contribution in [0.4, 0.5) is 23.1 Å². The van der Waals surface area contributed by atoms with Crippen molar-refractivity contribution in [3.63, 3.8) is 0 Å². The van der Waals surface area contributed by atoms with Gasteiger partial charge in [-0.05, 0) is 30.3 Å². The van der Waals surface area contributed by atoms with Crippen molar-refractivity contribution in [2.24, 2.45) is 5.73 Å². The standard InChI is InChI=1S/C22H30N8O2/c1-16(31)29-10-12-30(13-11-29)18-4-2-17(3-5-18)26-22-27-20-19(6-8-24-20)21(28-22)25-9-15-32-14-7-23/h2-6,8H,7,9-15,23H2,1H3,(H3,24,25,26,27,28)/p+1. The number of H-pyrrole nitrogens is 2. The summed E-state index contributed by atoms with van der Waals surface area (Å²) in [5, 5.41) is 7.69. The fraction of sp³-hybridized carbons (Fsp3) is 0.409. The molecule has 170 valence electrons. The largest absolute Gasteiger partial charge is 0.377 e. The molecule has 4 rings (SSSR count). The van der Waals surface area contributed by atoms with Gasteiger partial charge in [0.2, 0.25) is 17.4 Å². The Morgan fingerprint density at radius 2 is 1.97 bits per heavy atom. The van der Waals surface area contributed by atoms with Crippen LogP contribution in [0.25, 0.3) is 11.0 Å². The molecule has 3 aromatic rings. The van der Waals surface area contributed by atoms with Crippen LogP contribution in [0, 0.1) is 0 Å². The predicted octanol–water partition coefficient (Wildman–Crippen LogP) is 1.18. The molecule has 0 atom stereocenters. The summed E-state index contributed by atoms with van der Waals surface area (Å²) in [6.07, 6.45) is 1.87. The van der Waals surface area contributed by atoms with Crippen molar-refractivity contribution in [1.82, 2.24) is 14.9 Å². The Kier molecular flexibility index (Phi) is 7.03. The monoisotopic (exact) mass is 439 g/mol. The van der Waals surface area contributed by atoms with Crippen LogP contribution in [0.15, 0.2) is 36.5 Å². The highest BCUT2D eigenvalue weighted by atomic mass is 16.5. The second-order valence-corrected chi connectivity index (χ2v) is 7.69. The van der Waals surface area contributed by atoms with Gasteiger partial charge >= 0.3 is 5.95 Å². The number of carbonyl (C=O) groups excluding carboxylic acids is 1. The first-order valence-corrected chi connectivity index (χ1v) is 10.9. The number of nitrogens with one attached hydrogen (secondary N) is 4. The molecule has 32 heavy (non-hydrogen) atoms. The van der Waals surface area contributed by atoms with Gasteiger partial charge in [0.1, 0.15) is 0 Å². The maximum absolute atomic E-state index is 11.5. The Labute approximate surface area is 187 Å². The molecule has 10 heteroatoms. The number of aromatic nitrogens is 3. The van der Waals surface area contributed by atoms with E-state index < -0.39 is 0 Å². The molecule has 1 aromatic carbocycles. The highest BCUT2D eigenvalue weighted by molar-refractivity contribution is 5.86. The van der Waals surface area contributed by atoms with Gasteiger partial charge in [0, 0.05) is 51.5 Å². The minimum Gasteiger partial charge on any atom is -0.377 e. The van der Waals surface area contributed by atoms with E-state index in [1.807, 2.05) is 29.3 Å². The van der Waals surface area contributed by atoms with Gasteiger partial charge in [-0.25, -0.2) is 4.98 Å². The van der Waals surface area contributed by atoms with Crippen molar-refractivity contribution < 1.29 is 14.5 Å².